The van der Waals surface area contributed by atoms with Crippen molar-refractivity contribution in [2.24, 2.45) is 7.05 Å². The molecule has 0 saturated carbocycles. The Morgan fingerprint density at radius 2 is 2.28 bits per heavy atom. The van der Waals surface area contributed by atoms with Crippen LogP contribution in [0.3, 0.4) is 0 Å². The molecule has 0 aromatic carbocycles. The van der Waals surface area contributed by atoms with E-state index in [2.05, 4.69) is 0 Å². The second kappa shape index (κ2) is 5.35. The summed E-state index contributed by atoms with van der Waals surface area (Å²) in [6, 6.07) is 3.44. The lowest BCUT2D eigenvalue weighted by molar-refractivity contribution is -0.134. The number of carbonyl (C=O) groups excluding carboxylic acids is 2. The normalized spacial score (nSPS) is 19.9. The molecular formula is C13H18N2O3. The van der Waals surface area contributed by atoms with Crippen molar-refractivity contribution in [1.29, 1.82) is 0 Å². The first kappa shape index (κ1) is 12.8. The van der Waals surface area contributed by atoms with Crippen LogP contribution in [-0.2, 0) is 16.6 Å². The topological polar surface area (TPSA) is 51.5 Å². The van der Waals surface area contributed by atoms with Gasteiger partial charge in [-0.05, 0) is 18.6 Å². The van der Waals surface area contributed by atoms with Crippen molar-refractivity contribution in [3.8, 4) is 0 Å². The fraction of sp³-hybridized carbons (Fsp3) is 0.538. The zero-order valence-corrected chi connectivity index (χ0v) is 10.8. The summed E-state index contributed by atoms with van der Waals surface area (Å²) in [5, 5.41) is 0. The van der Waals surface area contributed by atoms with Crippen LogP contribution in [0.4, 0.5) is 0 Å². The molecule has 1 fully saturated rings. The van der Waals surface area contributed by atoms with E-state index in [9.17, 15) is 9.59 Å². The van der Waals surface area contributed by atoms with Crippen LogP contribution in [0.15, 0.2) is 18.3 Å². The molecule has 0 radical (unpaired) electrons. The molecule has 1 unspecified atom stereocenters. The summed E-state index contributed by atoms with van der Waals surface area (Å²) in [5.74, 6) is -0.866. The van der Waals surface area contributed by atoms with Crippen molar-refractivity contribution < 1.29 is 14.3 Å². The molecule has 98 valence electrons. The first-order valence-corrected chi connectivity index (χ1v) is 6.19. The van der Waals surface area contributed by atoms with Gasteiger partial charge < -0.3 is 14.2 Å². The molecule has 2 heterocycles. The number of amides is 1. The van der Waals surface area contributed by atoms with E-state index < -0.39 is 11.7 Å². The number of carbonyl (C=O) groups is 2. The quantitative estimate of drug-likeness (QED) is 0.590. The summed E-state index contributed by atoms with van der Waals surface area (Å²) in [6.45, 7) is 3.51. The minimum Gasteiger partial charge on any atom is -0.377 e. The third-order valence-corrected chi connectivity index (χ3v) is 3.33. The first-order valence-electron chi connectivity index (χ1n) is 6.19. The maximum atomic E-state index is 12.2. The van der Waals surface area contributed by atoms with Gasteiger partial charge in [0, 0.05) is 19.8 Å². The summed E-state index contributed by atoms with van der Waals surface area (Å²) in [6.07, 6.45) is 2.56. The molecule has 1 atom stereocenters. The predicted molar refractivity (Wildman–Crippen MR) is 66.4 cm³/mol. The van der Waals surface area contributed by atoms with Crippen LogP contribution >= 0.6 is 0 Å². The van der Waals surface area contributed by atoms with Gasteiger partial charge in [0.25, 0.3) is 11.7 Å². The Hall–Kier alpha value is -1.62. The number of ether oxygens (including phenoxy) is 1. The number of hydrogen-bond acceptors (Lipinski definition) is 3. The van der Waals surface area contributed by atoms with Gasteiger partial charge >= 0.3 is 0 Å². The van der Waals surface area contributed by atoms with E-state index in [1.54, 1.807) is 34.8 Å². The summed E-state index contributed by atoms with van der Waals surface area (Å²) >= 11 is 0. The Labute approximate surface area is 106 Å². The Morgan fingerprint density at radius 1 is 1.50 bits per heavy atom. The van der Waals surface area contributed by atoms with Crippen LogP contribution in [0, 0.1) is 0 Å². The van der Waals surface area contributed by atoms with Crippen LogP contribution < -0.4 is 0 Å². The number of Topliss-reactive ketones (excluding diaryl/α,β-unsaturated/α-hetero) is 1. The minimum absolute atomic E-state index is 0.00969. The lowest BCUT2D eigenvalue weighted by Crippen LogP contribution is -2.50. The highest BCUT2D eigenvalue weighted by Crippen LogP contribution is 2.13. The first-order chi connectivity index (χ1) is 8.65. The van der Waals surface area contributed by atoms with Gasteiger partial charge in [0.15, 0.2) is 0 Å². The second-order valence-electron chi connectivity index (χ2n) is 4.47. The SMILES string of the molecule is CCC1COCCN1C(=O)C(=O)c1cccn1C. The number of nitrogens with zero attached hydrogens (tertiary/aromatic N) is 2. The molecule has 2 rings (SSSR count). The Morgan fingerprint density at radius 3 is 2.89 bits per heavy atom. The molecule has 1 saturated heterocycles. The highest BCUT2D eigenvalue weighted by Gasteiger charge is 2.31. The van der Waals surface area contributed by atoms with Crippen LogP contribution in [-0.4, -0.2) is 47.0 Å². The molecule has 0 spiro atoms. The van der Waals surface area contributed by atoms with E-state index in [0.29, 0.717) is 25.5 Å². The Balaban J connectivity index is 2.15. The van der Waals surface area contributed by atoms with Gasteiger partial charge in [-0.2, -0.15) is 0 Å². The molecule has 1 aromatic heterocycles. The van der Waals surface area contributed by atoms with Crippen LogP contribution in [0.2, 0.25) is 0 Å². The van der Waals surface area contributed by atoms with Crippen LogP contribution in [0.5, 0.6) is 0 Å². The fourth-order valence-corrected chi connectivity index (χ4v) is 2.20. The van der Waals surface area contributed by atoms with Crippen LogP contribution in [0.1, 0.15) is 23.8 Å². The smallest absolute Gasteiger partial charge is 0.296 e. The summed E-state index contributed by atoms with van der Waals surface area (Å²) in [4.78, 5) is 26.0. The zero-order valence-electron chi connectivity index (χ0n) is 10.8. The van der Waals surface area contributed by atoms with Gasteiger partial charge in [0.05, 0.1) is 24.9 Å². The molecule has 1 amide bonds. The van der Waals surface area contributed by atoms with Crippen molar-refractivity contribution in [3.63, 3.8) is 0 Å². The van der Waals surface area contributed by atoms with E-state index in [1.807, 2.05) is 6.92 Å². The lowest BCUT2D eigenvalue weighted by Gasteiger charge is -2.34. The summed E-state index contributed by atoms with van der Waals surface area (Å²) < 4.78 is 7.01. The molecule has 0 aliphatic carbocycles. The maximum Gasteiger partial charge on any atom is 0.296 e. The highest BCUT2D eigenvalue weighted by molar-refractivity contribution is 6.42. The van der Waals surface area contributed by atoms with E-state index in [-0.39, 0.29) is 6.04 Å². The number of aryl methyl sites for hydroxylation is 1. The Kier molecular flexibility index (Phi) is 3.81. The average molecular weight is 250 g/mol. The second-order valence-corrected chi connectivity index (χ2v) is 4.47. The molecule has 5 nitrogen and oxygen atoms in total. The third-order valence-electron chi connectivity index (χ3n) is 3.33. The maximum absolute atomic E-state index is 12.2. The van der Waals surface area contributed by atoms with Crippen molar-refractivity contribution in [2.45, 2.75) is 19.4 Å². The van der Waals surface area contributed by atoms with Gasteiger partial charge in [-0.25, -0.2) is 0 Å². The van der Waals surface area contributed by atoms with Gasteiger partial charge in [-0.3, -0.25) is 9.59 Å². The van der Waals surface area contributed by atoms with Crippen LogP contribution in [0.25, 0.3) is 0 Å². The van der Waals surface area contributed by atoms with Crippen molar-refractivity contribution in [2.75, 3.05) is 19.8 Å². The molecule has 1 aromatic rings. The Bertz CT molecular complexity index is 453. The van der Waals surface area contributed by atoms with Gasteiger partial charge in [-0.15, -0.1) is 0 Å². The van der Waals surface area contributed by atoms with Gasteiger partial charge in [0.2, 0.25) is 0 Å². The number of ketones is 1. The monoisotopic (exact) mass is 250 g/mol. The molecule has 0 bridgehead atoms. The van der Waals surface area contributed by atoms with Crippen molar-refractivity contribution in [3.05, 3.63) is 24.0 Å². The summed E-state index contributed by atoms with van der Waals surface area (Å²) in [7, 11) is 1.76. The average Bonchev–Trinajstić information content (AvgIpc) is 2.83. The molecular weight excluding hydrogens is 232 g/mol. The standard InChI is InChI=1S/C13H18N2O3/c1-3-10-9-18-8-7-15(10)13(17)12(16)11-5-4-6-14(11)2/h4-6,10H,3,7-9H2,1-2H3. The van der Waals surface area contributed by atoms with E-state index in [0.717, 1.165) is 6.42 Å². The van der Waals surface area contributed by atoms with E-state index >= 15 is 0 Å². The van der Waals surface area contributed by atoms with Gasteiger partial charge in [-0.1, -0.05) is 6.92 Å². The molecule has 18 heavy (non-hydrogen) atoms. The highest BCUT2D eigenvalue weighted by atomic mass is 16.5. The zero-order chi connectivity index (χ0) is 13.1. The van der Waals surface area contributed by atoms with E-state index in [4.69, 9.17) is 4.74 Å². The predicted octanol–water partition coefficient (Wildman–Crippen LogP) is 0.845. The third kappa shape index (κ3) is 2.31. The van der Waals surface area contributed by atoms with Crippen molar-refractivity contribution in [1.82, 2.24) is 9.47 Å². The lowest BCUT2D eigenvalue weighted by atomic mass is 10.1. The number of hydrogen-bond donors (Lipinski definition) is 0. The number of rotatable bonds is 3. The van der Waals surface area contributed by atoms with Gasteiger partial charge in [0.1, 0.15) is 0 Å². The number of aromatic nitrogens is 1. The molecule has 0 N–H and O–H groups in total. The fourth-order valence-electron chi connectivity index (χ4n) is 2.20. The molecule has 5 heteroatoms. The molecule has 1 aliphatic heterocycles. The minimum atomic E-state index is -0.442. The number of morpholine rings is 1. The van der Waals surface area contributed by atoms with E-state index in [1.165, 1.54) is 0 Å². The van der Waals surface area contributed by atoms with Crippen molar-refractivity contribution >= 4 is 11.7 Å². The molecule has 1 aliphatic rings. The summed E-state index contributed by atoms with van der Waals surface area (Å²) in [5.41, 5.74) is 0.432. The largest absolute Gasteiger partial charge is 0.377 e.